The maximum absolute atomic E-state index is 13.3. The highest BCUT2D eigenvalue weighted by Crippen LogP contribution is 2.41. The number of hydrogen-bond acceptors (Lipinski definition) is 3. The summed E-state index contributed by atoms with van der Waals surface area (Å²) in [5.41, 5.74) is 2.96. The van der Waals surface area contributed by atoms with Crippen molar-refractivity contribution in [1.29, 1.82) is 0 Å². The standard InChI is InChI=1S/C21H16Cl2N4O/c22-15-4-1-3-13(9-15)12-26-21(28)20-18(19(25-26)14-7-8-14)11-24-27(20)17-6-2-5-16(23)10-17/h1-6,9-11,14H,7-8,12H2. The number of aromatic nitrogens is 4. The van der Waals surface area contributed by atoms with Crippen LogP contribution in [0.1, 0.15) is 30.0 Å². The van der Waals surface area contributed by atoms with E-state index in [0.29, 0.717) is 28.0 Å². The van der Waals surface area contributed by atoms with Gasteiger partial charge in [-0.05, 0) is 48.7 Å². The van der Waals surface area contributed by atoms with Gasteiger partial charge in [0.2, 0.25) is 0 Å². The van der Waals surface area contributed by atoms with E-state index in [9.17, 15) is 4.79 Å². The van der Waals surface area contributed by atoms with Crippen LogP contribution in [-0.4, -0.2) is 19.6 Å². The third-order valence-electron chi connectivity index (χ3n) is 4.95. The van der Waals surface area contributed by atoms with E-state index in [-0.39, 0.29) is 5.56 Å². The molecule has 1 aliphatic rings. The zero-order chi connectivity index (χ0) is 19.3. The Labute approximate surface area is 171 Å². The Hall–Kier alpha value is -2.63. The van der Waals surface area contributed by atoms with Crippen molar-refractivity contribution in [3.8, 4) is 5.69 Å². The molecule has 0 saturated heterocycles. The molecule has 0 spiro atoms. The van der Waals surface area contributed by atoms with Gasteiger partial charge in [-0.1, -0.05) is 41.4 Å². The molecule has 2 aromatic carbocycles. The van der Waals surface area contributed by atoms with Crippen LogP contribution in [0, 0.1) is 0 Å². The first-order valence-electron chi connectivity index (χ1n) is 9.09. The number of hydrogen-bond donors (Lipinski definition) is 0. The summed E-state index contributed by atoms with van der Waals surface area (Å²) in [6.07, 6.45) is 3.90. The Morgan fingerprint density at radius 3 is 2.50 bits per heavy atom. The first kappa shape index (κ1) is 17.5. The van der Waals surface area contributed by atoms with Gasteiger partial charge in [0.1, 0.15) is 5.52 Å². The lowest BCUT2D eigenvalue weighted by molar-refractivity contribution is 0.626. The highest BCUT2D eigenvalue weighted by molar-refractivity contribution is 6.31. The molecular formula is C21H16Cl2N4O. The molecule has 1 aliphatic carbocycles. The van der Waals surface area contributed by atoms with Crippen molar-refractivity contribution in [2.75, 3.05) is 0 Å². The Morgan fingerprint density at radius 2 is 1.79 bits per heavy atom. The van der Waals surface area contributed by atoms with E-state index in [1.807, 2.05) is 36.4 Å². The molecule has 1 saturated carbocycles. The summed E-state index contributed by atoms with van der Waals surface area (Å²) in [6, 6.07) is 14.8. The third-order valence-corrected chi connectivity index (χ3v) is 5.42. The van der Waals surface area contributed by atoms with Crippen molar-refractivity contribution < 1.29 is 0 Å². The minimum Gasteiger partial charge on any atom is -0.265 e. The van der Waals surface area contributed by atoms with Crippen LogP contribution in [0.15, 0.2) is 59.5 Å². The van der Waals surface area contributed by atoms with Crippen LogP contribution in [0.4, 0.5) is 0 Å². The molecule has 0 aliphatic heterocycles. The average Bonchev–Trinajstić information content (AvgIpc) is 3.42. The van der Waals surface area contributed by atoms with E-state index in [2.05, 4.69) is 5.10 Å². The fourth-order valence-electron chi connectivity index (χ4n) is 3.47. The molecule has 140 valence electrons. The maximum Gasteiger partial charge on any atom is 0.293 e. The molecule has 7 heteroatoms. The van der Waals surface area contributed by atoms with Crippen molar-refractivity contribution in [2.24, 2.45) is 0 Å². The molecule has 0 amide bonds. The van der Waals surface area contributed by atoms with Crippen molar-refractivity contribution in [1.82, 2.24) is 19.6 Å². The number of halogens is 2. The third kappa shape index (κ3) is 3.11. The van der Waals surface area contributed by atoms with Gasteiger partial charge < -0.3 is 0 Å². The Morgan fingerprint density at radius 1 is 1.04 bits per heavy atom. The first-order valence-corrected chi connectivity index (χ1v) is 9.85. The van der Waals surface area contributed by atoms with Crippen LogP contribution >= 0.6 is 23.2 Å². The van der Waals surface area contributed by atoms with Gasteiger partial charge in [-0.2, -0.15) is 10.2 Å². The predicted octanol–water partition coefficient (Wildman–Crippen LogP) is 4.81. The molecule has 0 unspecified atom stereocenters. The van der Waals surface area contributed by atoms with Crippen molar-refractivity contribution in [3.05, 3.63) is 86.4 Å². The SMILES string of the molecule is O=c1c2c(cnn2-c2cccc(Cl)c2)c(C2CC2)nn1Cc1cccc(Cl)c1. The fraction of sp³-hybridized carbons (Fsp3) is 0.190. The van der Waals surface area contributed by atoms with Crippen molar-refractivity contribution in [2.45, 2.75) is 25.3 Å². The lowest BCUT2D eigenvalue weighted by Crippen LogP contribution is -2.26. The highest BCUT2D eigenvalue weighted by atomic mass is 35.5. The minimum absolute atomic E-state index is 0.183. The lowest BCUT2D eigenvalue weighted by atomic mass is 10.2. The summed E-state index contributed by atoms with van der Waals surface area (Å²) in [7, 11) is 0. The number of fused-ring (bicyclic) bond motifs is 1. The molecule has 0 bridgehead atoms. The zero-order valence-corrected chi connectivity index (χ0v) is 16.4. The van der Waals surface area contributed by atoms with Gasteiger partial charge in [-0.25, -0.2) is 9.36 Å². The van der Waals surface area contributed by atoms with E-state index in [4.69, 9.17) is 28.3 Å². The summed E-state index contributed by atoms with van der Waals surface area (Å²) in [5, 5.41) is 11.2. The first-order chi connectivity index (χ1) is 13.6. The lowest BCUT2D eigenvalue weighted by Gasteiger charge is -2.10. The quantitative estimate of drug-likeness (QED) is 0.484. The normalized spacial score (nSPS) is 13.9. The molecular weight excluding hydrogens is 395 g/mol. The maximum atomic E-state index is 13.3. The molecule has 2 aromatic heterocycles. The van der Waals surface area contributed by atoms with Gasteiger partial charge in [0, 0.05) is 21.3 Å². The smallest absolute Gasteiger partial charge is 0.265 e. The Balaban J connectivity index is 1.72. The van der Waals surface area contributed by atoms with Crippen LogP contribution in [0.3, 0.4) is 0 Å². The molecule has 2 heterocycles. The van der Waals surface area contributed by atoms with E-state index in [1.165, 1.54) is 4.68 Å². The molecule has 1 fully saturated rings. The van der Waals surface area contributed by atoms with Crippen LogP contribution < -0.4 is 5.56 Å². The monoisotopic (exact) mass is 410 g/mol. The second-order valence-electron chi connectivity index (χ2n) is 7.05. The van der Waals surface area contributed by atoms with Gasteiger partial charge in [-0.15, -0.1) is 0 Å². The van der Waals surface area contributed by atoms with Gasteiger partial charge in [-0.3, -0.25) is 4.79 Å². The minimum atomic E-state index is -0.183. The second kappa shape index (κ2) is 6.76. The molecule has 0 atom stereocenters. The molecule has 0 N–H and O–H groups in total. The molecule has 4 aromatic rings. The van der Waals surface area contributed by atoms with E-state index >= 15 is 0 Å². The summed E-state index contributed by atoms with van der Waals surface area (Å²) in [5.74, 6) is 0.380. The number of benzene rings is 2. The van der Waals surface area contributed by atoms with E-state index in [0.717, 1.165) is 35.2 Å². The van der Waals surface area contributed by atoms with Crippen LogP contribution in [0.2, 0.25) is 10.0 Å². The topological polar surface area (TPSA) is 52.7 Å². The van der Waals surface area contributed by atoms with Gasteiger partial charge in [0.05, 0.1) is 24.1 Å². The number of rotatable bonds is 4. The van der Waals surface area contributed by atoms with Crippen LogP contribution in [0.25, 0.3) is 16.6 Å². The Bertz CT molecular complexity index is 1260. The molecule has 28 heavy (non-hydrogen) atoms. The predicted molar refractivity (Wildman–Crippen MR) is 111 cm³/mol. The molecule has 5 nitrogen and oxygen atoms in total. The summed E-state index contributed by atoms with van der Waals surface area (Å²) in [6.45, 7) is 0.357. The van der Waals surface area contributed by atoms with Crippen LogP contribution in [-0.2, 0) is 6.54 Å². The summed E-state index contributed by atoms with van der Waals surface area (Å²) < 4.78 is 3.18. The number of nitrogens with zero attached hydrogens (tertiary/aromatic N) is 4. The van der Waals surface area contributed by atoms with E-state index < -0.39 is 0 Å². The zero-order valence-electron chi connectivity index (χ0n) is 14.8. The second-order valence-corrected chi connectivity index (χ2v) is 7.92. The Kier molecular flexibility index (Phi) is 4.22. The van der Waals surface area contributed by atoms with Gasteiger partial charge >= 0.3 is 0 Å². The van der Waals surface area contributed by atoms with E-state index in [1.54, 1.807) is 23.0 Å². The van der Waals surface area contributed by atoms with Crippen molar-refractivity contribution in [3.63, 3.8) is 0 Å². The summed E-state index contributed by atoms with van der Waals surface area (Å²) >= 11 is 12.3. The largest absolute Gasteiger partial charge is 0.293 e. The van der Waals surface area contributed by atoms with Gasteiger partial charge in [0.15, 0.2) is 0 Å². The van der Waals surface area contributed by atoms with Crippen molar-refractivity contribution >= 4 is 34.1 Å². The highest BCUT2D eigenvalue weighted by Gasteiger charge is 2.30. The molecule has 5 rings (SSSR count). The van der Waals surface area contributed by atoms with Crippen LogP contribution in [0.5, 0.6) is 0 Å². The summed E-state index contributed by atoms with van der Waals surface area (Å²) in [4.78, 5) is 13.3. The van der Waals surface area contributed by atoms with Gasteiger partial charge in [0.25, 0.3) is 5.56 Å². The molecule has 0 radical (unpaired) electrons. The average molecular weight is 411 g/mol. The fourth-order valence-corrected chi connectivity index (χ4v) is 3.87.